The molecule has 0 radical (unpaired) electrons. The van der Waals surface area contributed by atoms with Crippen molar-refractivity contribution in [2.45, 2.75) is 17.9 Å². The predicted octanol–water partition coefficient (Wildman–Crippen LogP) is 1.95. The molecule has 0 aliphatic rings. The van der Waals surface area contributed by atoms with Gasteiger partial charge in [0, 0.05) is 13.6 Å². The Hall–Kier alpha value is -0.760. The van der Waals surface area contributed by atoms with Gasteiger partial charge >= 0.3 is 0 Å². The maximum absolute atomic E-state index is 12.3. The molecule has 1 aromatic carbocycles. The first-order valence-electron chi connectivity index (χ1n) is 5.46. The monoisotopic (exact) mass is 312 g/mol. The number of alkyl halides is 2. The molecule has 0 amide bonds. The van der Waals surface area contributed by atoms with Crippen LogP contribution in [0.3, 0.4) is 0 Å². The fourth-order valence-electron chi connectivity index (χ4n) is 1.52. The Labute approximate surface area is 116 Å². The molecule has 0 aliphatic heterocycles. The van der Waals surface area contributed by atoms with Crippen molar-refractivity contribution in [2.24, 2.45) is 0 Å². The van der Waals surface area contributed by atoms with Gasteiger partial charge in [0.05, 0.1) is 11.6 Å². The zero-order valence-corrected chi connectivity index (χ0v) is 12.1. The van der Waals surface area contributed by atoms with Crippen molar-refractivity contribution in [3.05, 3.63) is 28.8 Å². The molecular weight excluding hydrogens is 298 g/mol. The second-order valence-corrected chi connectivity index (χ2v) is 6.39. The molecule has 4 nitrogen and oxygen atoms in total. The van der Waals surface area contributed by atoms with Crippen molar-refractivity contribution in [1.29, 1.82) is 0 Å². The molecule has 0 aliphatic carbocycles. The number of sulfonamides is 1. The Morgan fingerprint density at radius 2 is 2.05 bits per heavy atom. The average molecular weight is 313 g/mol. The Morgan fingerprint density at radius 1 is 1.42 bits per heavy atom. The van der Waals surface area contributed by atoms with Crippen molar-refractivity contribution in [2.75, 3.05) is 20.6 Å². The van der Waals surface area contributed by atoms with Crippen molar-refractivity contribution >= 4 is 21.6 Å². The van der Waals surface area contributed by atoms with Gasteiger partial charge in [-0.15, -0.1) is 0 Å². The summed E-state index contributed by atoms with van der Waals surface area (Å²) in [5.41, 5.74) is 0.705. The van der Waals surface area contributed by atoms with Gasteiger partial charge in [0.2, 0.25) is 10.0 Å². The van der Waals surface area contributed by atoms with E-state index < -0.39 is 23.0 Å². The van der Waals surface area contributed by atoms with E-state index in [4.69, 9.17) is 11.6 Å². The SMILES string of the molecule is CNCc1ccc(Cl)c(S(=O)(=O)N(C)CC(F)F)c1. The third kappa shape index (κ3) is 4.10. The van der Waals surface area contributed by atoms with Crippen LogP contribution in [0.2, 0.25) is 5.02 Å². The zero-order chi connectivity index (χ0) is 14.6. The van der Waals surface area contributed by atoms with Gasteiger partial charge in [-0.3, -0.25) is 0 Å². The number of hydrogen-bond donors (Lipinski definition) is 1. The van der Waals surface area contributed by atoms with Crippen LogP contribution in [0.5, 0.6) is 0 Å². The van der Waals surface area contributed by atoms with Crippen LogP contribution in [-0.4, -0.2) is 39.8 Å². The first-order chi connectivity index (χ1) is 8.78. The molecule has 0 unspecified atom stereocenters. The van der Waals surface area contributed by atoms with Gasteiger partial charge in [-0.05, 0) is 24.7 Å². The van der Waals surface area contributed by atoms with E-state index in [2.05, 4.69) is 5.32 Å². The summed E-state index contributed by atoms with van der Waals surface area (Å²) in [6.45, 7) is -0.410. The third-order valence-electron chi connectivity index (χ3n) is 2.46. The topological polar surface area (TPSA) is 49.4 Å². The van der Waals surface area contributed by atoms with Gasteiger partial charge in [-0.2, -0.15) is 4.31 Å². The standard InChI is InChI=1S/C11H15ClF2N2O2S/c1-15-6-8-3-4-9(12)10(5-8)19(17,18)16(2)7-11(13)14/h3-5,11,15H,6-7H2,1-2H3. The summed E-state index contributed by atoms with van der Waals surface area (Å²) in [6.07, 6.45) is -2.74. The normalized spacial score (nSPS) is 12.4. The lowest BCUT2D eigenvalue weighted by Gasteiger charge is -2.18. The molecular formula is C11H15ClF2N2O2S. The van der Waals surface area contributed by atoms with Crippen molar-refractivity contribution in [3.8, 4) is 0 Å². The minimum atomic E-state index is -4.01. The highest BCUT2D eigenvalue weighted by Crippen LogP contribution is 2.25. The van der Waals surface area contributed by atoms with Gasteiger partial charge in [-0.1, -0.05) is 17.7 Å². The Morgan fingerprint density at radius 3 is 2.58 bits per heavy atom. The summed E-state index contributed by atoms with van der Waals surface area (Å²) in [4.78, 5) is -0.162. The Bertz CT molecular complexity index is 537. The van der Waals surface area contributed by atoms with Crippen LogP contribution in [0.4, 0.5) is 8.78 Å². The summed E-state index contributed by atoms with van der Waals surface area (Å²) in [5, 5.41) is 2.89. The molecule has 0 heterocycles. The highest BCUT2D eigenvalue weighted by molar-refractivity contribution is 7.89. The van der Waals surface area contributed by atoms with Crippen LogP contribution in [0.1, 0.15) is 5.56 Å². The van der Waals surface area contributed by atoms with E-state index >= 15 is 0 Å². The van der Waals surface area contributed by atoms with Gasteiger partial charge in [-0.25, -0.2) is 17.2 Å². The minimum Gasteiger partial charge on any atom is -0.316 e. The third-order valence-corrected chi connectivity index (χ3v) is 4.76. The van der Waals surface area contributed by atoms with Gasteiger partial charge in [0.25, 0.3) is 6.43 Å². The fourth-order valence-corrected chi connectivity index (χ4v) is 3.19. The first kappa shape index (κ1) is 16.3. The molecule has 8 heteroatoms. The lowest BCUT2D eigenvalue weighted by molar-refractivity contribution is 0.126. The highest BCUT2D eigenvalue weighted by atomic mass is 35.5. The smallest absolute Gasteiger partial charge is 0.252 e. The fraction of sp³-hybridized carbons (Fsp3) is 0.455. The van der Waals surface area contributed by atoms with Crippen LogP contribution < -0.4 is 5.32 Å². The number of benzene rings is 1. The largest absolute Gasteiger partial charge is 0.316 e. The van der Waals surface area contributed by atoms with E-state index in [9.17, 15) is 17.2 Å². The molecule has 0 saturated heterocycles. The van der Waals surface area contributed by atoms with Crippen LogP contribution in [0, 0.1) is 0 Å². The molecule has 0 spiro atoms. The van der Waals surface area contributed by atoms with Gasteiger partial charge in [0.1, 0.15) is 4.90 Å². The second-order valence-electron chi connectivity index (χ2n) is 3.97. The molecule has 1 aromatic rings. The van der Waals surface area contributed by atoms with Crippen molar-refractivity contribution in [1.82, 2.24) is 9.62 Å². The van der Waals surface area contributed by atoms with Gasteiger partial charge in [0.15, 0.2) is 0 Å². The van der Waals surface area contributed by atoms with E-state index in [1.165, 1.54) is 12.1 Å². The van der Waals surface area contributed by atoms with Crippen LogP contribution in [0.15, 0.2) is 23.1 Å². The summed E-state index contributed by atoms with van der Waals surface area (Å²) < 4.78 is 49.4. The summed E-state index contributed by atoms with van der Waals surface area (Å²) >= 11 is 5.85. The molecule has 0 atom stereocenters. The van der Waals surface area contributed by atoms with Crippen molar-refractivity contribution in [3.63, 3.8) is 0 Å². The Kier molecular flexibility index (Phi) is 5.66. The molecule has 0 saturated carbocycles. The lowest BCUT2D eigenvalue weighted by atomic mass is 10.2. The predicted molar refractivity (Wildman–Crippen MR) is 70.0 cm³/mol. The minimum absolute atomic E-state index is 0.0148. The molecule has 1 N–H and O–H groups in total. The average Bonchev–Trinajstić information content (AvgIpc) is 2.30. The number of hydrogen-bond acceptors (Lipinski definition) is 3. The summed E-state index contributed by atoms with van der Waals surface area (Å²) in [6, 6.07) is 4.50. The maximum Gasteiger partial charge on any atom is 0.252 e. The highest BCUT2D eigenvalue weighted by Gasteiger charge is 2.26. The zero-order valence-electron chi connectivity index (χ0n) is 10.5. The number of nitrogens with one attached hydrogen (secondary N) is 1. The first-order valence-corrected chi connectivity index (χ1v) is 7.28. The van der Waals surface area contributed by atoms with E-state index in [1.807, 2.05) is 0 Å². The number of nitrogens with zero attached hydrogens (tertiary/aromatic N) is 1. The molecule has 0 bridgehead atoms. The van der Waals surface area contributed by atoms with E-state index in [-0.39, 0.29) is 9.92 Å². The van der Waals surface area contributed by atoms with E-state index in [1.54, 1.807) is 13.1 Å². The Balaban J connectivity index is 3.16. The van der Waals surface area contributed by atoms with Crippen molar-refractivity contribution < 1.29 is 17.2 Å². The number of rotatable bonds is 6. The lowest BCUT2D eigenvalue weighted by Crippen LogP contribution is -2.31. The molecule has 19 heavy (non-hydrogen) atoms. The summed E-state index contributed by atoms with van der Waals surface area (Å²) in [7, 11) is -1.20. The number of halogens is 3. The van der Waals surface area contributed by atoms with E-state index in [0.29, 0.717) is 16.4 Å². The molecule has 108 valence electrons. The maximum atomic E-state index is 12.3. The quantitative estimate of drug-likeness (QED) is 0.873. The van der Waals surface area contributed by atoms with E-state index in [0.717, 1.165) is 7.05 Å². The summed E-state index contributed by atoms with van der Waals surface area (Å²) in [5.74, 6) is 0. The molecule has 0 aromatic heterocycles. The molecule has 0 fully saturated rings. The van der Waals surface area contributed by atoms with Gasteiger partial charge < -0.3 is 5.32 Å². The molecule has 1 rings (SSSR count). The van der Waals surface area contributed by atoms with Crippen LogP contribution in [-0.2, 0) is 16.6 Å². The van der Waals surface area contributed by atoms with Crippen LogP contribution in [0.25, 0.3) is 0 Å². The second kappa shape index (κ2) is 6.60. The van der Waals surface area contributed by atoms with Crippen LogP contribution >= 0.6 is 11.6 Å².